The number of ether oxygens (including phenoxy) is 1. The van der Waals surface area contributed by atoms with Crippen molar-refractivity contribution in [1.82, 2.24) is 0 Å². The van der Waals surface area contributed by atoms with Crippen molar-refractivity contribution in [2.75, 3.05) is 11.9 Å². The molecule has 0 radical (unpaired) electrons. The fraction of sp³-hybridized carbons (Fsp3) is 0.0952. The Morgan fingerprint density at radius 1 is 1.07 bits per heavy atom. The number of anilines is 1. The highest BCUT2D eigenvalue weighted by molar-refractivity contribution is 9.10. The second-order valence-electron chi connectivity index (χ2n) is 6.23. The Hall–Kier alpha value is -2.86. The quantitative estimate of drug-likeness (QED) is 0.530. The Morgan fingerprint density at radius 2 is 1.67 bits per heavy atom. The van der Waals surface area contributed by atoms with Gasteiger partial charge in [0.25, 0.3) is 0 Å². The molecule has 3 aromatic carbocycles. The number of hydrogen-bond donors (Lipinski definition) is 2. The van der Waals surface area contributed by atoms with Crippen molar-refractivity contribution in [2.45, 2.75) is 5.92 Å². The highest BCUT2D eigenvalue weighted by Crippen LogP contribution is 2.44. The molecule has 0 heterocycles. The zero-order valence-corrected chi connectivity index (χ0v) is 15.7. The maximum absolute atomic E-state index is 13.5. The zero-order chi connectivity index (χ0) is 19.0. The average molecular weight is 428 g/mol. The number of amides is 1. The second-order valence-corrected chi connectivity index (χ2v) is 7.09. The number of hydrogen-bond acceptors (Lipinski definition) is 3. The number of halogens is 2. The van der Waals surface area contributed by atoms with Gasteiger partial charge < -0.3 is 9.84 Å². The summed E-state index contributed by atoms with van der Waals surface area (Å²) in [7, 11) is 0. The van der Waals surface area contributed by atoms with Gasteiger partial charge >= 0.3 is 6.09 Å². The van der Waals surface area contributed by atoms with Crippen LogP contribution < -0.4 is 5.32 Å². The molecule has 0 saturated carbocycles. The Morgan fingerprint density at radius 3 is 2.30 bits per heavy atom. The first-order valence-corrected chi connectivity index (χ1v) is 9.14. The SMILES string of the molecule is O=C(Nc1cc(F)cc(Br)c1O)OCC1c2ccccc2-c2ccccc21. The van der Waals surface area contributed by atoms with Gasteiger partial charge in [-0.05, 0) is 44.3 Å². The maximum Gasteiger partial charge on any atom is 0.411 e. The van der Waals surface area contributed by atoms with Gasteiger partial charge in [-0.25, -0.2) is 9.18 Å². The molecule has 0 saturated heterocycles. The van der Waals surface area contributed by atoms with Gasteiger partial charge in [0.2, 0.25) is 0 Å². The van der Waals surface area contributed by atoms with E-state index in [1.807, 2.05) is 36.4 Å². The fourth-order valence-corrected chi connectivity index (χ4v) is 3.84. The predicted molar refractivity (Wildman–Crippen MR) is 104 cm³/mol. The molecule has 1 aliphatic carbocycles. The van der Waals surface area contributed by atoms with Gasteiger partial charge in [0.05, 0.1) is 10.2 Å². The first-order valence-electron chi connectivity index (χ1n) is 8.34. The van der Waals surface area contributed by atoms with Crippen molar-refractivity contribution in [3.05, 3.63) is 82.1 Å². The molecule has 4 nitrogen and oxygen atoms in total. The third-order valence-electron chi connectivity index (χ3n) is 4.61. The molecule has 6 heteroatoms. The first kappa shape index (κ1) is 17.5. The second kappa shape index (κ2) is 7.04. The Labute approximate surface area is 163 Å². The number of aromatic hydroxyl groups is 1. The molecule has 3 aromatic rings. The molecule has 0 spiro atoms. The predicted octanol–water partition coefficient (Wildman–Crippen LogP) is 5.65. The molecule has 0 bridgehead atoms. The van der Waals surface area contributed by atoms with E-state index in [9.17, 15) is 14.3 Å². The third-order valence-corrected chi connectivity index (χ3v) is 5.21. The van der Waals surface area contributed by atoms with Crippen molar-refractivity contribution >= 4 is 27.7 Å². The van der Waals surface area contributed by atoms with Gasteiger partial charge in [-0.1, -0.05) is 48.5 Å². The van der Waals surface area contributed by atoms with Gasteiger partial charge in [0.1, 0.15) is 12.4 Å². The molecular formula is C21H15BrFNO3. The van der Waals surface area contributed by atoms with E-state index in [4.69, 9.17) is 4.74 Å². The average Bonchev–Trinajstić information content (AvgIpc) is 2.98. The van der Waals surface area contributed by atoms with E-state index in [0.717, 1.165) is 34.4 Å². The van der Waals surface area contributed by atoms with Crippen LogP contribution in [-0.2, 0) is 4.74 Å². The van der Waals surface area contributed by atoms with Crippen LogP contribution in [0.3, 0.4) is 0 Å². The van der Waals surface area contributed by atoms with Crippen LogP contribution >= 0.6 is 15.9 Å². The molecule has 0 aliphatic heterocycles. The smallest absolute Gasteiger partial charge is 0.411 e. The molecule has 4 rings (SSSR count). The number of phenols is 1. The first-order chi connectivity index (χ1) is 13.0. The number of rotatable bonds is 3. The lowest BCUT2D eigenvalue weighted by atomic mass is 9.98. The van der Waals surface area contributed by atoms with Gasteiger partial charge in [-0.3, -0.25) is 5.32 Å². The minimum Gasteiger partial charge on any atom is -0.505 e. The third kappa shape index (κ3) is 3.28. The van der Waals surface area contributed by atoms with Crippen LogP contribution in [-0.4, -0.2) is 17.8 Å². The monoisotopic (exact) mass is 427 g/mol. The molecular weight excluding hydrogens is 413 g/mol. The van der Waals surface area contributed by atoms with Crippen LogP contribution in [0.2, 0.25) is 0 Å². The molecule has 0 unspecified atom stereocenters. The van der Waals surface area contributed by atoms with E-state index < -0.39 is 11.9 Å². The van der Waals surface area contributed by atoms with Crippen molar-refractivity contribution in [3.63, 3.8) is 0 Å². The van der Waals surface area contributed by atoms with E-state index in [-0.39, 0.29) is 28.4 Å². The topological polar surface area (TPSA) is 58.6 Å². The van der Waals surface area contributed by atoms with Crippen LogP contribution in [0.1, 0.15) is 17.0 Å². The molecule has 136 valence electrons. The molecule has 1 amide bonds. The minimum atomic E-state index is -0.760. The number of benzene rings is 3. The normalized spacial score (nSPS) is 12.4. The summed E-state index contributed by atoms with van der Waals surface area (Å²) in [5, 5.41) is 12.3. The summed E-state index contributed by atoms with van der Waals surface area (Å²) in [4.78, 5) is 12.2. The number of phenolic OH excluding ortho intramolecular Hbond substituents is 1. The molecule has 0 atom stereocenters. The lowest BCUT2D eigenvalue weighted by Gasteiger charge is -2.15. The lowest BCUT2D eigenvalue weighted by molar-refractivity contribution is 0.158. The van der Waals surface area contributed by atoms with Gasteiger partial charge in [-0.15, -0.1) is 0 Å². The molecule has 1 aliphatic rings. The van der Waals surface area contributed by atoms with E-state index in [0.29, 0.717) is 0 Å². The van der Waals surface area contributed by atoms with Crippen molar-refractivity contribution in [1.29, 1.82) is 0 Å². The molecule has 0 aromatic heterocycles. The van der Waals surface area contributed by atoms with E-state index in [2.05, 4.69) is 33.4 Å². The van der Waals surface area contributed by atoms with Crippen molar-refractivity contribution < 1.29 is 19.0 Å². The lowest BCUT2D eigenvalue weighted by Crippen LogP contribution is -2.18. The zero-order valence-electron chi connectivity index (χ0n) is 14.1. The summed E-state index contributed by atoms with van der Waals surface area (Å²) < 4.78 is 19.0. The summed E-state index contributed by atoms with van der Waals surface area (Å²) >= 11 is 3.03. The fourth-order valence-electron chi connectivity index (χ4n) is 3.41. The highest BCUT2D eigenvalue weighted by Gasteiger charge is 2.29. The van der Waals surface area contributed by atoms with Crippen LogP contribution in [0, 0.1) is 5.82 Å². The Balaban J connectivity index is 1.52. The van der Waals surface area contributed by atoms with Crippen LogP contribution in [0.4, 0.5) is 14.9 Å². The highest BCUT2D eigenvalue weighted by atomic mass is 79.9. The Bertz CT molecular complexity index is 992. The summed E-state index contributed by atoms with van der Waals surface area (Å²) in [6, 6.07) is 18.2. The molecule has 27 heavy (non-hydrogen) atoms. The van der Waals surface area contributed by atoms with E-state index >= 15 is 0 Å². The number of carbonyl (C=O) groups excluding carboxylic acids is 1. The van der Waals surface area contributed by atoms with E-state index in [1.54, 1.807) is 0 Å². The van der Waals surface area contributed by atoms with Crippen molar-refractivity contribution in [2.24, 2.45) is 0 Å². The van der Waals surface area contributed by atoms with Gasteiger partial charge in [-0.2, -0.15) is 0 Å². The summed E-state index contributed by atoms with van der Waals surface area (Å²) in [5.74, 6) is -0.922. The molecule has 2 N–H and O–H groups in total. The summed E-state index contributed by atoms with van der Waals surface area (Å²) in [6.45, 7) is 0.136. The largest absolute Gasteiger partial charge is 0.505 e. The Kier molecular flexibility index (Phi) is 4.58. The van der Waals surface area contributed by atoms with Gasteiger partial charge in [0, 0.05) is 12.0 Å². The standard InChI is InChI=1S/C21H15BrFNO3/c22-18-9-12(23)10-19(20(18)25)24-21(26)27-11-17-15-7-3-1-5-13(15)14-6-2-4-8-16(14)17/h1-10,17,25H,11H2,(H,24,26). The summed E-state index contributed by atoms with van der Waals surface area (Å²) in [5.41, 5.74) is 4.41. The van der Waals surface area contributed by atoms with Gasteiger partial charge in [0.15, 0.2) is 5.75 Å². The van der Waals surface area contributed by atoms with Crippen LogP contribution in [0.25, 0.3) is 11.1 Å². The minimum absolute atomic E-state index is 0.0564. The maximum atomic E-state index is 13.5. The molecule has 0 fully saturated rings. The summed E-state index contributed by atoms with van der Waals surface area (Å²) in [6.07, 6.45) is -0.760. The van der Waals surface area contributed by atoms with Crippen LogP contribution in [0.15, 0.2) is 65.1 Å². The van der Waals surface area contributed by atoms with Crippen LogP contribution in [0.5, 0.6) is 5.75 Å². The number of carbonyl (C=O) groups is 1. The van der Waals surface area contributed by atoms with Crippen molar-refractivity contribution in [3.8, 4) is 16.9 Å². The van der Waals surface area contributed by atoms with E-state index in [1.165, 1.54) is 0 Å². The number of fused-ring (bicyclic) bond motifs is 3. The number of nitrogens with one attached hydrogen (secondary N) is 1.